The number of nitrogens with one attached hydrogen (secondary N) is 1. The van der Waals surface area contributed by atoms with Gasteiger partial charge in [0.25, 0.3) is 0 Å². The van der Waals surface area contributed by atoms with Crippen molar-refractivity contribution in [2.45, 2.75) is 44.5 Å². The number of benzene rings is 1. The van der Waals surface area contributed by atoms with E-state index in [1.807, 2.05) is 6.92 Å². The molecule has 1 fully saturated rings. The summed E-state index contributed by atoms with van der Waals surface area (Å²) < 4.78 is 43.9. The number of alkyl halides is 3. The van der Waals surface area contributed by atoms with Crippen LogP contribution in [0.5, 0.6) is 0 Å². The highest BCUT2D eigenvalue weighted by Gasteiger charge is 2.33. The van der Waals surface area contributed by atoms with E-state index in [9.17, 15) is 13.2 Å². The van der Waals surface area contributed by atoms with Crippen LogP contribution in [0.4, 0.5) is 18.9 Å². The van der Waals surface area contributed by atoms with Crippen LogP contribution in [0.2, 0.25) is 5.02 Å². The number of hydrogen-bond donors (Lipinski definition) is 1. The van der Waals surface area contributed by atoms with Crippen molar-refractivity contribution in [2.75, 3.05) is 11.9 Å². The molecule has 0 aromatic heterocycles. The molecule has 0 amide bonds. The molecule has 0 spiro atoms. The summed E-state index contributed by atoms with van der Waals surface area (Å²) >= 11 is 5.60. The van der Waals surface area contributed by atoms with Gasteiger partial charge in [0.05, 0.1) is 16.7 Å². The van der Waals surface area contributed by atoms with Gasteiger partial charge in [-0.25, -0.2) is 0 Å². The molecule has 1 saturated heterocycles. The Morgan fingerprint density at radius 3 is 2.80 bits per heavy atom. The third-order valence-electron chi connectivity index (χ3n) is 3.47. The van der Waals surface area contributed by atoms with Crippen molar-refractivity contribution in [1.82, 2.24) is 0 Å². The van der Waals surface area contributed by atoms with E-state index in [1.54, 1.807) is 6.07 Å². The van der Waals surface area contributed by atoms with Crippen LogP contribution in [0.15, 0.2) is 18.2 Å². The summed E-state index contributed by atoms with van der Waals surface area (Å²) in [5.41, 5.74) is -0.355. The summed E-state index contributed by atoms with van der Waals surface area (Å²) in [6, 6.07) is 4.06. The first-order valence-electron chi connectivity index (χ1n) is 6.65. The van der Waals surface area contributed by atoms with Crippen LogP contribution >= 0.6 is 11.6 Å². The van der Waals surface area contributed by atoms with Crippen LogP contribution in [-0.2, 0) is 10.9 Å². The SMILES string of the molecule is CCC1CC(Nc2ccc(Cl)c(C(F)(F)F)c2)CCO1. The van der Waals surface area contributed by atoms with Gasteiger partial charge in [-0.3, -0.25) is 0 Å². The summed E-state index contributed by atoms with van der Waals surface area (Å²) in [5.74, 6) is 0. The largest absolute Gasteiger partial charge is 0.417 e. The fraction of sp³-hybridized carbons (Fsp3) is 0.571. The van der Waals surface area contributed by atoms with E-state index in [4.69, 9.17) is 16.3 Å². The van der Waals surface area contributed by atoms with Crippen LogP contribution in [0.25, 0.3) is 0 Å². The van der Waals surface area contributed by atoms with Crippen LogP contribution < -0.4 is 5.32 Å². The van der Waals surface area contributed by atoms with Gasteiger partial charge in [-0.2, -0.15) is 13.2 Å². The number of ether oxygens (including phenoxy) is 1. The van der Waals surface area contributed by atoms with E-state index in [0.29, 0.717) is 12.3 Å². The first-order chi connectivity index (χ1) is 9.40. The molecule has 2 atom stereocenters. The molecule has 0 radical (unpaired) electrons. The van der Waals surface area contributed by atoms with Crippen LogP contribution in [0.3, 0.4) is 0 Å². The Morgan fingerprint density at radius 1 is 1.40 bits per heavy atom. The average Bonchev–Trinajstić information content (AvgIpc) is 2.40. The highest BCUT2D eigenvalue weighted by Crippen LogP contribution is 2.36. The number of rotatable bonds is 3. The summed E-state index contributed by atoms with van der Waals surface area (Å²) in [6.45, 7) is 2.67. The van der Waals surface area contributed by atoms with Crippen molar-refractivity contribution in [3.63, 3.8) is 0 Å². The minimum atomic E-state index is -4.43. The van der Waals surface area contributed by atoms with Crippen molar-refractivity contribution < 1.29 is 17.9 Å². The molecule has 112 valence electrons. The van der Waals surface area contributed by atoms with Gasteiger partial charge in [0.1, 0.15) is 0 Å². The molecule has 1 aliphatic rings. The summed E-state index contributed by atoms with van der Waals surface area (Å²) in [7, 11) is 0. The zero-order valence-corrected chi connectivity index (χ0v) is 11.9. The van der Waals surface area contributed by atoms with Crippen LogP contribution in [0, 0.1) is 0 Å². The topological polar surface area (TPSA) is 21.3 Å². The lowest BCUT2D eigenvalue weighted by Crippen LogP contribution is -2.33. The Labute approximate surface area is 121 Å². The molecule has 2 nitrogen and oxygen atoms in total. The van der Waals surface area contributed by atoms with E-state index in [2.05, 4.69) is 5.32 Å². The molecule has 0 saturated carbocycles. The second-order valence-corrected chi connectivity index (χ2v) is 5.37. The number of halogens is 4. The highest BCUT2D eigenvalue weighted by atomic mass is 35.5. The molecule has 1 aromatic carbocycles. The Hall–Kier alpha value is -0.940. The predicted octanol–water partition coefficient (Wildman–Crippen LogP) is 4.73. The van der Waals surface area contributed by atoms with Crippen LogP contribution in [0.1, 0.15) is 31.7 Å². The molecule has 6 heteroatoms. The second-order valence-electron chi connectivity index (χ2n) is 4.96. The van der Waals surface area contributed by atoms with E-state index in [0.717, 1.165) is 25.3 Å². The third kappa shape index (κ3) is 3.79. The van der Waals surface area contributed by atoms with Gasteiger partial charge in [-0.05, 0) is 37.5 Å². The zero-order valence-electron chi connectivity index (χ0n) is 11.1. The Morgan fingerprint density at radius 2 is 2.15 bits per heavy atom. The van der Waals surface area contributed by atoms with E-state index < -0.39 is 11.7 Å². The predicted molar refractivity (Wildman–Crippen MR) is 73.1 cm³/mol. The molecule has 1 heterocycles. The quantitative estimate of drug-likeness (QED) is 0.871. The fourth-order valence-electron chi connectivity index (χ4n) is 2.36. The molecule has 0 aliphatic carbocycles. The van der Waals surface area contributed by atoms with Crippen molar-refractivity contribution in [3.8, 4) is 0 Å². The van der Waals surface area contributed by atoms with Gasteiger partial charge in [0.2, 0.25) is 0 Å². The van der Waals surface area contributed by atoms with Gasteiger partial charge in [0.15, 0.2) is 0 Å². The fourth-order valence-corrected chi connectivity index (χ4v) is 2.59. The Balaban J connectivity index is 2.10. The lowest BCUT2D eigenvalue weighted by molar-refractivity contribution is -0.137. The van der Waals surface area contributed by atoms with Crippen LogP contribution in [-0.4, -0.2) is 18.8 Å². The molecule has 2 rings (SSSR count). The molecule has 0 bridgehead atoms. The average molecular weight is 308 g/mol. The molecule has 2 unspecified atom stereocenters. The molecule has 1 aliphatic heterocycles. The molecular formula is C14H17ClF3NO. The number of anilines is 1. The van der Waals surface area contributed by atoms with E-state index in [1.165, 1.54) is 6.07 Å². The maximum atomic E-state index is 12.8. The van der Waals surface area contributed by atoms with Gasteiger partial charge < -0.3 is 10.1 Å². The smallest absolute Gasteiger partial charge is 0.382 e. The van der Waals surface area contributed by atoms with E-state index >= 15 is 0 Å². The summed E-state index contributed by atoms with van der Waals surface area (Å²) in [4.78, 5) is 0. The monoisotopic (exact) mass is 307 g/mol. The Bertz CT molecular complexity index is 464. The molecule has 1 aromatic rings. The molecular weight excluding hydrogens is 291 g/mol. The lowest BCUT2D eigenvalue weighted by atomic mass is 10.0. The first kappa shape index (κ1) is 15.4. The first-order valence-corrected chi connectivity index (χ1v) is 7.03. The normalized spacial score (nSPS) is 23.6. The van der Waals surface area contributed by atoms with Gasteiger partial charge in [-0.1, -0.05) is 18.5 Å². The summed E-state index contributed by atoms with van der Waals surface area (Å²) in [6.07, 6.45) is -1.75. The lowest BCUT2D eigenvalue weighted by Gasteiger charge is -2.30. The van der Waals surface area contributed by atoms with E-state index in [-0.39, 0.29) is 17.2 Å². The molecule has 20 heavy (non-hydrogen) atoms. The minimum absolute atomic E-state index is 0.135. The summed E-state index contributed by atoms with van der Waals surface area (Å²) in [5, 5.41) is 2.87. The zero-order chi connectivity index (χ0) is 14.8. The maximum Gasteiger partial charge on any atom is 0.417 e. The minimum Gasteiger partial charge on any atom is -0.382 e. The second kappa shape index (κ2) is 6.22. The van der Waals surface area contributed by atoms with Crippen molar-refractivity contribution in [3.05, 3.63) is 28.8 Å². The standard InChI is InChI=1S/C14H17ClF3NO/c1-2-11-7-10(5-6-20-11)19-9-3-4-13(15)12(8-9)14(16,17)18/h3-4,8,10-11,19H,2,5-7H2,1H3. The van der Waals surface area contributed by atoms with Gasteiger partial charge in [-0.15, -0.1) is 0 Å². The molecule has 1 N–H and O–H groups in total. The van der Waals surface area contributed by atoms with Crippen molar-refractivity contribution >= 4 is 17.3 Å². The highest BCUT2D eigenvalue weighted by molar-refractivity contribution is 6.31. The third-order valence-corrected chi connectivity index (χ3v) is 3.79. The maximum absolute atomic E-state index is 12.8. The van der Waals surface area contributed by atoms with Crippen molar-refractivity contribution in [2.24, 2.45) is 0 Å². The van der Waals surface area contributed by atoms with Gasteiger partial charge >= 0.3 is 6.18 Å². The Kier molecular flexibility index (Phi) is 4.81. The number of hydrogen-bond acceptors (Lipinski definition) is 2. The van der Waals surface area contributed by atoms with Gasteiger partial charge in [0, 0.05) is 18.3 Å². The van der Waals surface area contributed by atoms with Crippen molar-refractivity contribution in [1.29, 1.82) is 0 Å².